The van der Waals surface area contributed by atoms with Crippen LogP contribution in [0.15, 0.2) is 42.6 Å². The molecule has 1 aromatic heterocycles. The summed E-state index contributed by atoms with van der Waals surface area (Å²) >= 11 is 0. The highest BCUT2D eigenvalue weighted by Gasteiger charge is 2.45. The number of carbonyl (C=O) groups excluding carboxylic acids is 2. The number of pyridine rings is 1. The van der Waals surface area contributed by atoms with Gasteiger partial charge in [-0.05, 0) is 54.4 Å². The number of ether oxygens (including phenoxy) is 1. The zero-order valence-electron chi connectivity index (χ0n) is 16.9. The van der Waals surface area contributed by atoms with E-state index in [-0.39, 0.29) is 35.2 Å². The van der Waals surface area contributed by atoms with E-state index in [2.05, 4.69) is 10.3 Å². The molecule has 31 heavy (non-hydrogen) atoms. The molecule has 2 fully saturated rings. The van der Waals surface area contributed by atoms with E-state index in [0.29, 0.717) is 31.5 Å². The number of rotatable bonds is 3. The number of methoxy groups -OCH3 is 1. The molecule has 2 aromatic rings. The predicted molar refractivity (Wildman–Crippen MR) is 107 cm³/mol. The summed E-state index contributed by atoms with van der Waals surface area (Å²) < 4.78 is 44.9. The van der Waals surface area contributed by atoms with Gasteiger partial charge in [0.1, 0.15) is 11.4 Å². The number of fused-ring (bicyclic) bond motifs is 1. The van der Waals surface area contributed by atoms with Crippen molar-refractivity contribution < 1.29 is 27.5 Å². The number of halogens is 3. The van der Waals surface area contributed by atoms with Crippen molar-refractivity contribution in [2.24, 2.45) is 11.8 Å². The van der Waals surface area contributed by atoms with Crippen molar-refractivity contribution in [3.05, 3.63) is 59.3 Å². The van der Waals surface area contributed by atoms with Crippen LogP contribution in [-0.4, -0.2) is 42.1 Å². The van der Waals surface area contributed by atoms with E-state index in [4.69, 9.17) is 4.74 Å². The van der Waals surface area contributed by atoms with Gasteiger partial charge in [0.25, 0.3) is 0 Å². The van der Waals surface area contributed by atoms with Gasteiger partial charge in [-0.25, -0.2) is 14.6 Å². The zero-order chi connectivity index (χ0) is 22.2. The van der Waals surface area contributed by atoms with Crippen LogP contribution in [0.2, 0.25) is 0 Å². The minimum absolute atomic E-state index is 0.119. The van der Waals surface area contributed by atoms with Crippen molar-refractivity contribution in [2.75, 3.05) is 25.5 Å². The molecule has 2 amide bonds. The van der Waals surface area contributed by atoms with E-state index in [1.165, 1.54) is 25.4 Å². The predicted octanol–water partition coefficient (Wildman–Crippen LogP) is 4.54. The Morgan fingerprint density at radius 3 is 2.42 bits per heavy atom. The molecule has 1 aromatic carbocycles. The summed E-state index contributed by atoms with van der Waals surface area (Å²) in [7, 11) is 1.25. The smallest absolute Gasteiger partial charge is 0.416 e. The van der Waals surface area contributed by atoms with Gasteiger partial charge < -0.3 is 9.64 Å². The highest BCUT2D eigenvalue weighted by molar-refractivity contribution is 5.99. The van der Waals surface area contributed by atoms with Gasteiger partial charge in [-0.15, -0.1) is 0 Å². The van der Waals surface area contributed by atoms with Crippen LogP contribution >= 0.6 is 0 Å². The molecule has 3 atom stereocenters. The number of benzene rings is 1. The Morgan fingerprint density at radius 2 is 1.77 bits per heavy atom. The zero-order valence-corrected chi connectivity index (χ0v) is 16.9. The monoisotopic (exact) mass is 433 g/mol. The number of hydrogen-bond acceptors (Lipinski definition) is 4. The first-order chi connectivity index (χ1) is 14.8. The fourth-order valence-electron chi connectivity index (χ4n) is 4.79. The summed E-state index contributed by atoms with van der Waals surface area (Å²) in [6, 6.07) is 8.45. The lowest BCUT2D eigenvalue weighted by Gasteiger charge is -2.22. The lowest BCUT2D eigenvalue weighted by atomic mass is 9.91. The van der Waals surface area contributed by atoms with Gasteiger partial charge >= 0.3 is 18.2 Å². The fraction of sp³-hybridized carbons (Fsp3) is 0.409. The van der Waals surface area contributed by atoms with Crippen LogP contribution in [0.3, 0.4) is 0 Å². The molecule has 164 valence electrons. The Bertz CT molecular complexity index is 981. The third kappa shape index (κ3) is 4.22. The number of anilines is 1. The molecule has 1 aliphatic heterocycles. The Balaban J connectivity index is 1.42. The second kappa shape index (κ2) is 8.20. The largest absolute Gasteiger partial charge is 0.465 e. The minimum Gasteiger partial charge on any atom is -0.465 e. The Labute approximate surface area is 177 Å². The van der Waals surface area contributed by atoms with E-state index in [1.807, 2.05) is 0 Å². The van der Waals surface area contributed by atoms with Crippen molar-refractivity contribution >= 4 is 17.8 Å². The Hall–Kier alpha value is -3.10. The standard InChI is InChI=1S/C22H22F3N3O3/c1-31-20(29)17-6-4-8-26-19(17)27-21(30)28-11-14-9-13(10-15(14)12-28)16-5-2-3-7-18(16)22(23,24)25/h2-8,13-15H,9-12H2,1H3,(H,26,27,30)/t13-,14+,15-. The van der Waals surface area contributed by atoms with Crippen LogP contribution < -0.4 is 5.32 Å². The van der Waals surface area contributed by atoms with Crippen LogP contribution in [0, 0.1) is 11.8 Å². The number of alkyl halides is 3. The third-order valence-corrected chi connectivity index (χ3v) is 6.18. The molecule has 0 bridgehead atoms. The molecule has 1 saturated carbocycles. The van der Waals surface area contributed by atoms with Gasteiger partial charge in [0, 0.05) is 19.3 Å². The fourth-order valence-corrected chi connectivity index (χ4v) is 4.79. The number of nitrogens with one attached hydrogen (secondary N) is 1. The summed E-state index contributed by atoms with van der Waals surface area (Å²) in [6.07, 6.45) is -1.69. The summed E-state index contributed by atoms with van der Waals surface area (Å²) in [5.74, 6) is -0.372. The highest BCUT2D eigenvalue weighted by atomic mass is 19.4. The van der Waals surface area contributed by atoms with Gasteiger partial charge in [0.15, 0.2) is 0 Å². The number of nitrogens with zero attached hydrogens (tertiary/aromatic N) is 2. The van der Waals surface area contributed by atoms with Gasteiger partial charge in [-0.3, -0.25) is 5.32 Å². The maximum Gasteiger partial charge on any atom is 0.416 e. The Kier molecular flexibility index (Phi) is 5.60. The van der Waals surface area contributed by atoms with Crippen LogP contribution in [0.25, 0.3) is 0 Å². The molecule has 0 spiro atoms. The van der Waals surface area contributed by atoms with Crippen molar-refractivity contribution in [1.29, 1.82) is 0 Å². The van der Waals surface area contributed by atoms with Crippen molar-refractivity contribution in [1.82, 2.24) is 9.88 Å². The summed E-state index contributed by atoms with van der Waals surface area (Å²) in [4.78, 5) is 30.3. The molecule has 0 radical (unpaired) electrons. The van der Waals surface area contributed by atoms with Gasteiger partial charge in [0.05, 0.1) is 12.7 Å². The van der Waals surface area contributed by atoms with Crippen molar-refractivity contribution in [2.45, 2.75) is 24.9 Å². The van der Waals surface area contributed by atoms with Crippen LogP contribution in [-0.2, 0) is 10.9 Å². The number of likely N-dealkylation sites (tertiary alicyclic amines) is 1. The second-order valence-corrected chi connectivity index (χ2v) is 8.00. The molecule has 0 unspecified atom stereocenters. The van der Waals surface area contributed by atoms with E-state index in [9.17, 15) is 22.8 Å². The lowest BCUT2D eigenvalue weighted by molar-refractivity contribution is -0.138. The summed E-state index contributed by atoms with van der Waals surface area (Å²) in [6.45, 7) is 0.920. The van der Waals surface area contributed by atoms with E-state index in [0.717, 1.165) is 6.07 Å². The summed E-state index contributed by atoms with van der Waals surface area (Å²) in [5, 5.41) is 2.66. The second-order valence-electron chi connectivity index (χ2n) is 8.00. The molecule has 2 aliphatic rings. The maximum atomic E-state index is 13.4. The SMILES string of the molecule is COC(=O)c1cccnc1NC(=O)N1C[C@H]2C[C@H](c3ccccc3C(F)(F)F)C[C@H]2C1. The number of aromatic nitrogens is 1. The topological polar surface area (TPSA) is 71.5 Å². The number of hydrogen-bond donors (Lipinski definition) is 1. The number of urea groups is 1. The van der Waals surface area contributed by atoms with E-state index in [1.54, 1.807) is 23.1 Å². The number of amides is 2. The molecule has 6 nitrogen and oxygen atoms in total. The quantitative estimate of drug-likeness (QED) is 0.722. The number of esters is 1. The van der Waals surface area contributed by atoms with E-state index < -0.39 is 17.7 Å². The first-order valence-electron chi connectivity index (χ1n) is 10.0. The molecule has 2 heterocycles. The first kappa shape index (κ1) is 21.1. The van der Waals surface area contributed by atoms with Gasteiger partial charge in [-0.1, -0.05) is 18.2 Å². The van der Waals surface area contributed by atoms with Crippen LogP contribution in [0.4, 0.5) is 23.8 Å². The average Bonchev–Trinajstić information content (AvgIpc) is 3.32. The molecule has 9 heteroatoms. The van der Waals surface area contributed by atoms with Crippen LogP contribution in [0.1, 0.15) is 40.2 Å². The number of carbonyl (C=O) groups is 2. The first-order valence-corrected chi connectivity index (χ1v) is 10.0. The molecular weight excluding hydrogens is 411 g/mol. The maximum absolute atomic E-state index is 13.4. The lowest BCUT2D eigenvalue weighted by Crippen LogP contribution is -2.34. The minimum atomic E-state index is -4.37. The van der Waals surface area contributed by atoms with Crippen molar-refractivity contribution in [3.63, 3.8) is 0 Å². The average molecular weight is 433 g/mol. The molecule has 4 rings (SSSR count). The highest BCUT2D eigenvalue weighted by Crippen LogP contribution is 2.48. The normalized spacial score (nSPS) is 22.8. The molecular formula is C22H22F3N3O3. The van der Waals surface area contributed by atoms with Crippen LogP contribution in [0.5, 0.6) is 0 Å². The Morgan fingerprint density at radius 1 is 1.10 bits per heavy atom. The van der Waals surface area contributed by atoms with Gasteiger partial charge in [0.2, 0.25) is 0 Å². The van der Waals surface area contributed by atoms with Crippen molar-refractivity contribution in [3.8, 4) is 0 Å². The summed E-state index contributed by atoms with van der Waals surface area (Å²) in [5.41, 5.74) is -0.0711. The molecule has 1 saturated heterocycles. The molecule has 1 aliphatic carbocycles. The van der Waals surface area contributed by atoms with E-state index >= 15 is 0 Å². The third-order valence-electron chi connectivity index (χ3n) is 6.18. The molecule has 1 N–H and O–H groups in total. The van der Waals surface area contributed by atoms with Gasteiger partial charge in [-0.2, -0.15) is 13.2 Å².